The highest BCUT2D eigenvalue weighted by atomic mass is 31.1. The molecule has 1 aliphatic rings. The molecule has 0 saturated carbocycles. The third kappa shape index (κ3) is 1.13. The van der Waals surface area contributed by atoms with Crippen LogP contribution in [0.4, 0.5) is 0 Å². The quantitative estimate of drug-likeness (QED) is 0.437. The number of rotatable bonds is 0. The minimum Gasteiger partial charge on any atom is -0.333 e. The molecule has 0 amide bonds. The van der Waals surface area contributed by atoms with Crippen molar-refractivity contribution in [3.05, 3.63) is 29.8 Å². The summed E-state index contributed by atoms with van der Waals surface area (Å²) in [6.45, 7) is 0. The van der Waals surface area contributed by atoms with E-state index >= 15 is 0 Å². The van der Waals surface area contributed by atoms with Gasteiger partial charge in [0.1, 0.15) is 8.81 Å². The number of hydrogen-bond donors (Lipinski definition) is 0. The third-order valence-corrected chi connectivity index (χ3v) is 2.02. The van der Waals surface area contributed by atoms with Gasteiger partial charge in [-0.05, 0) is 12.1 Å². The Morgan fingerprint density at radius 1 is 1.27 bits per heavy atom. The van der Waals surface area contributed by atoms with Crippen molar-refractivity contribution < 1.29 is 14.4 Å². The number of carbonyl (C=O) groups excluding carboxylic acids is 1. The van der Waals surface area contributed by atoms with Crippen LogP contribution in [-0.2, 0) is 4.67 Å². The summed E-state index contributed by atoms with van der Waals surface area (Å²) in [4.78, 5) is 15.9. The molecule has 1 heterocycles. The second kappa shape index (κ2) is 2.61. The molecule has 0 N–H and O–H groups in total. The van der Waals surface area contributed by atoms with Crippen LogP contribution < -0.4 is 4.89 Å². The molecular weight excluding hydrogens is 163 g/mol. The van der Waals surface area contributed by atoms with Gasteiger partial charge in [-0.3, -0.25) is 4.79 Å². The minimum atomic E-state index is -0.219. The van der Waals surface area contributed by atoms with Crippen molar-refractivity contribution in [3.8, 4) is 5.75 Å². The Labute approximate surface area is 65.1 Å². The lowest BCUT2D eigenvalue weighted by Crippen LogP contribution is -2.04. The molecule has 0 bridgehead atoms. The first kappa shape index (κ1) is 6.77. The van der Waals surface area contributed by atoms with Crippen LogP contribution in [0.25, 0.3) is 0 Å². The molecule has 1 unspecified atom stereocenters. The van der Waals surface area contributed by atoms with Crippen LogP contribution in [0.2, 0.25) is 0 Å². The van der Waals surface area contributed by atoms with Gasteiger partial charge in [0.25, 0.3) is 0 Å². The van der Waals surface area contributed by atoms with Gasteiger partial charge in [0.15, 0.2) is 5.75 Å². The molecule has 56 valence electrons. The van der Waals surface area contributed by atoms with E-state index in [4.69, 9.17) is 4.89 Å². The first-order valence-electron chi connectivity index (χ1n) is 3.11. The molecule has 4 heteroatoms. The molecular formula is C7H5O3P. The molecule has 0 spiro atoms. The van der Waals surface area contributed by atoms with E-state index in [0.29, 0.717) is 11.3 Å². The molecule has 1 aromatic rings. The van der Waals surface area contributed by atoms with Gasteiger partial charge in [0, 0.05) is 0 Å². The summed E-state index contributed by atoms with van der Waals surface area (Å²) < 4.78 is 4.59. The molecule has 0 aliphatic carbocycles. The van der Waals surface area contributed by atoms with Crippen molar-refractivity contribution in [2.45, 2.75) is 0 Å². The lowest BCUT2D eigenvalue weighted by atomic mass is 10.2. The van der Waals surface area contributed by atoms with Gasteiger partial charge in [0.2, 0.25) is 5.52 Å². The maximum atomic E-state index is 11.1. The zero-order valence-electron chi connectivity index (χ0n) is 5.53. The predicted molar refractivity (Wildman–Crippen MR) is 40.8 cm³/mol. The number of para-hydroxylation sites is 1. The zero-order chi connectivity index (χ0) is 7.68. The smallest absolute Gasteiger partial charge is 0.216 e. The summed E-state index contributed by atoms with van der Waals surface area (Å²) in [7, 11) is -0.219. The van der Waals surface area contributed by atoms with Gasteiger partial charge in [-0.1, -0.05) is 12.1 Å². The minimum absolute atomic E-state index is 0.00755. The average Bonchev–Trinajstić information content (AvgIpc) is 2.06. The fraction of sp³-hybridized carbons (Fsp3) is 0. The summed E-state index contributed by atoms with van der Waals surface area (Å²) in [6, 6.07) is 7.03. The van der Waals surface area contributed by atoms with Gasteiger partial charge in [-0.25, -0.2) is 0 Å². The van der Waals surface area contributed by atoms with Crippen molar-refractivity contribution >= 4 is 14.3 Å². The Morgan fingerprint density at radius 3 is 2.91 bits per heavy atom. The Balaban J connectivity index is 2.52. The topological polar surface area (TPSA) is 35.5 Å². The molecule has 0 saturated heterocycles. The third-order valence-electron chi connectivity index (χ3n) is 1.40. The maximum Gasteiger partial charge on any atom is 0.216 e. The molecule has 3 nitrogen and oxygen atoms in total. The summed E-state index contributed by atoms with van der Waals surface area (Å²) >= 11 is 0. The molecule has 0 fully saturated rings. The molecule has 1 atom stereocenters. The number of benzene rings is 1. The van der Waals surface area contributed by atoms with Crippen molar-refractivity contribution in [1.29, 1.82) is 0 Å². The van der Waals surface area contributed by atoms with Crippen LogP contribution >= 0.6 is 8.81 Å². The first-order valence-corrected chi connectivity index (χ1v) is 4.01. The summed E-state index contributed by atoms with van der Waals surface area (Å²) in [5.74, 6) is 0.510. The zero-order valence-corrected chi connectivity index (χ0v) is 6.53. The van der Waals surface area contributed by atoms with Crippen LogP contribution in [0.5, 0.6) is 5.75 Å². The van der Waals surface area contributed by atoms with E-state index in [1.165, 1.54) is 0 Å². The average molecular weight is 168 g/mol. The van der Waals surface area contributed by atoms with E-state index in [2.05, 4.69) is 4.67 Å². The van der Waals surface area contributed by atoms with Gasteiger partial charge < -0.3 is 4.89 Å². The lowest BCUT2D eigenvalue weighted by molar-refractivity contribution is -0.0864. The van der Waals surface area contributed by atoms with Crippen LogP contribution in [0, 0.1) is 0 Å². The number of carbonyl (C=O) groups is 1. The number of hydrogen-bond acceptors (Lipinski definition) is 3. The predicted octanol–water partition coefficient (Wildman–Crippen LogP) is 1.74. The number of fused-ring (bicyclic) bond motifs is 1. The Hall–Kier alpha value is -0.920. The Morgan fingerprint density at radius 2 is 2.09 bits per heavy atom. The molecule has 2 rings (SSSR count). The van der Waals surface area contributed by atoms with E-state index in [9.17, 15) is 4.79 Å². The largest absolute Gasteiger partial charge is 0.333 e. The van der Waals surface area contributed by atoms with E-state index in [0.717, 1.165) is 0 Å². The fourth-order valence-corrected chi connectivity index (χ4v) is 1.41. The maximum absolute atomic E-state index is 11.1. The molecule has 0 radical (unpaired) electrons. The summed E-state index contributed by atoms with van der Waals surface area (Å²) in [5, 5.41) is 0. The van der Waals surface area contributed by atoms with E-state index < -0.39 is 0 Å². The lowest BCUT2D eigenvalue weighted by Gasteiger charge is -2.12. The van der Waals surface area contributed by atoms with E-state index in [-0.39, 0.29) is 14.3 Å². The van der Waals surface area contributed by atoms with Crippen molar-refractivity contribution in [3.63, 3.8) is 0 Å². The van der Waals surface area contributed by atoms with Gasteiger partial charge in [-0.15, -0.1) is 0 Å². The molecule has 1 aromatic carbocycles. The summed E-state index contributed by atoms with van der Waals surface area (Å²) in [5.41, 5.74) is 0.601. The van der Waals surface area contributed by atoms with Crippen LogP contribution in [0.15, 0.2) is 24.3 Å². The summed E-state index contributed by atoms with van der Waals surface area (Å²) in [6.07, 6.45) is 0. The second-order valence-electron chi connectivity index (χ2n) is 2.09. The highest BCUT2D eigenvalue weighted by Crippen LogP contribution is 2.33. The molecule has 11 heavy (non-hydrogen) atoms. The van der Waals surface area contributed by atoms with Crippen LogP contribution in [0.3, 0.4) is 0 Å². The fourth-order valence-electron chi connectivity index (χ4n) is 0.885. The van der Waals surface area contributed by atoms with Crippen molar-refractivity contribution in [2.75, 3.05) is 0 Å². The van der Waals surface area contributed by atoms with Crippen LogP contribution in [-0.4, -0.2) is 5.52 Å². The van der Waals surface area contributed by atoms with Crippen LogP contribution in [0.1, 0.15) is 10.4 Å². The molecule has 1 aliphatic heterocycles. The SMILES string of the molecule is O=C1POOc2ccccc21. The van der Waals surface area contributed by atoms with Gasteiger partial charge in [0.05, 0.1) is 5.56 Å². The Kier molecular flexibility index (Phi) is 1.60. The highest BCUT2D eigenvalue weighted by molar-refractivity contribution is 7.54. The monoisotopic (exact) mass is 168 g/mol. The van der Waals surface area contributed by atoms with Crippen molar-refractivity contribution in [2.24, 2.45) is 0 Å². The first-order chi connectivity index (χ1) is 5.38. The molecule has 0 aromatic heterocycles. The van der Waals surface area contributed by atoms with Gasteiger partial charge in [-0.2, -0.15) is 4.67 Å². The normalized spacial score (nSPS) is 17.6. The van der Waals surface area contributed by atoms with Gasteiger partial charge >= 0.3 is 0 Å². The van der Waals surface area contributed by atoms with E-state index in [1.54, 1.807) is 24.3 Å². The second-order valence-corrected chi connectivity index (χ2v) is 2.92. The Bertz CT molecular complexity index is 297. The van der Waals surface area contributed by atoms with E-state index in [1.807, 2.05) is 0 Å². The van der Waals surface area contributed by atoms with Crippen molar-refractivity contribution in [1.82, 2.24) is 0 Å². The highest BCUT2D eigenvalue weighted by Gasteiger charge is 2.18. The standard InChI is InChI=1S/C7H5O3P/c8-7-5-3-1-2-4-6(5)9-10-11-7/h1-4,11H.